The number of nitriles is 1. The molecular formula is C25H22N2O4. The Morgan fingerprint density at radius 1 is 1.13 bits per heavy atom. The van der Waals surface area contributed by atoms with Gasteiger partial charge in [-0.15, -0.1) is 0 Å². The summed E-state index contributed by atoms with van der Waals surface area (Å²) in [6, 6.07) is 18.5. The van der Waals surface area contributed by atoms with Crippen LogP contribution >= 0.6 is 0 Å². The molecule has 0 aliphatic heterocycles. The Labute approximate surface area is 180 Å². The summed E-state index contributed by atoms with van der Waals surface area (Å²) in [7, 11) is 0. The Morgan fingerprint density at radius 3 is 2.65 bits per heavy atom. The first-order valence-corrected chi connectivity index (χ1v) is 10.1. The van der Waals surface area contributed by atoms with Gasteiger partial charge in [0.05, 0.1) is 18.2 Å². The molecule has 3 aromatic rings. The van der Waals surface area contributed by atoms with Crippen molar-refractivity contribution in [1.82, 2.24) is 5.32 Å². The fourth-order valence-corrected chi connectivity index (χ4v) is 4.03. The molecule has 1 atom stereocenters. The van der Waals surface area contributed by atoms with E-state index in [0.717, 1.165) is 22.3 Å². The zero-order valence-electron chi connectivity index (χ0n) is 17.4. The Balaban J connectivity index is 1.62. The van der Waals surface area contributed by atoms with Crippen molar-refractivity contribution in [3.8, 4) is 17.4 Å². The van der Waals surface area contributed by atoms with Gasteiger partial charge in [-0.2, -0.15) is 5.26 Å². The number of aryl methyl sites for hydroxylation is 1. The summed E-state index contributed by atoms with van der Waals surface area (Å²) in [5.41, 5.74) is 2.97. The van der Waals surface area contributed by atoms with E-state index in [2.05, 4.69) is 11.4 Å². The maximum absolute atomic E-state index is 13.1. The molecule has 1 heterocycles. The molecule has 6 nitrogen and oxygen atoms in total. The van der Waals surface area contributed by atoms with Crippen molar-refractivity contribution in [3.05, 3.63) is 82.6 Å². The van der Waals surface area contributed by atoms with Crippen molar-refractivity contribution in [2.24, 2.45) is 0 Å². The molecule has 2 aromatic carbocycles. The number of carbonyl (C=O) groups excluding carboxylic acids is 2. The van der Waals surface area contributed by atoms with Gasteiger partial charge < -0.3 is 14.5 Å². The van der Waals surface area contributed by atoms with Crippen LogP contribution in [0, 0.1) is 18.3 Å². The number of fused-ring (bicyclic) bond motifs is 1. The highest BCUT2D eigenvalue weighted by Crippen LogP contribution is 2.33. The average Bonchev–Trinajstić information content (AvgIpc) is 3.39. The average molecular weight is 414 g/mol. The molecule has 1 amide bonds. The van der Waals surface area contributed by atoms with Crippen LogP contribution in [0.5, 0.6) is 0 Å². The molecule has 156 valence electrons. The molecular weight excluding hydrogens is 392 g/mol. The number of esters is 1. The maximum Gasteiger partial charge on any atom is 0.332 e. The second kappa shape index (κ2) is 8.11. The molecule has 0 bridgehead atoms. The monoisotopic (exact) mass is 414 g/mol. The Kier molecular flexibility index (Phi) is 5.35. The first kappa shape index (κ1) is 20.4. The molecule has 0 spiro atoms. The molecule has 1 aromatic heterocycles. The van der Waals surface area contributed by atoms with Crippen LogP contribution < -0.4 is 5.32 Å². The summed E-state index contributed by atoms with van der Waals surface area (Å²) < 4.78 is 11.1. The topological polar surface area (TPSA) is 92.3 Å². The molecule has 0 fully saturated rings. The van der Waals surface area contributed by atoms with Crippen molar-refractivity contribution in [3.63, 3.8) is 0 Å². The van der Waals surface area contributed by atoms with Crippen molar-refractivity contribution in [1.29, 1.82) is 5.26 Å². The number of nitrogens with one attached hydrogen (secondary N) is 1. The number of amides is 1. The fraction of sp³-hybridized carbons (Fsp3) is 0.240. The molecule has 6 heteroatoms. The summed E-state index contributed by atoms with van der Waals surface area (Å²) in [6.07, 6.45) is 0.553. The van der Waals surface area contributed by atoms with Gasteiger partial charge in [0.2, 0.25) is 0 Å². The lowest BCUT2D eigenvalue weighted by Gasteiger charge is -2.27. The number of hydrogen-bond acceptors (Lipinski definition) is 5. The van der Waals surface area contributed by atoms with Gasteiger partial charge in [-0.05, 0) is 54.8 Å². The third kappa shape index (κ3) is 3.82. The predicted octanol–water partition coefficient (Wildman–Crippen LogP) is 3.96. The number of ether oxygens (including phenoxy) is 1. The summed E-state index contributed by atoms with van der Waals surface area (Å²) in [6.45, 7) is 3.90. The number of rotatable bonds is 5. The standard InChI is InChI=1S/C25H22N2O4/c1-3-30-24(29)25(13-18-9-8-17(15-26)12-19(18)14-25)27-23(28)22-11-10-21(31-22)20-7-5-4-6-16(20)2/h4-12H,3,13-14H2,1-2H3,(H,27,28). The summed E-state index contributed by atoms with van der Waals surface area (Å²) in [4.78, 5) is 25.9. The minimum Gasteiger partial charge on any atom is -0.464 e. The van der Waals surface area contributed by atoms with Crippen LogP contribution in [0.25, 0.3) is 11.3 Å². The number of nitrogens with zero attached hydrogens (tertiary/aromatic N) is 1. The van der Waals surface area contributed by atoms with Crippen LogP contribution in [-0.2, 0) is 22.4 Å². The first-order chi connectivity index (χ1) is 15.0. The second-order valence-corrected chi connectivity index (χ2v) is 7.68. The van der Waals surface area contributed by atoms with Gasteiger partial charge in [-0.25, -0.2) is 4.79 Å². The maximum atomic E-state index is 13.1. The normalized spacial score (nSPS) is 16.9. The van der Waals surface area contributed by atoms with E-state index >= 15 is 0 Å². The van der Waals surface area contributed by atoms with E-state index in [0.29, 0.717) is 17.7 Å². The zero-order valence-corrected chi connectivity index (χ0v) is 17.4. The van der Waals surface area contributed by atoms with E-state index in [-0.39, 0.29) is 18.8 Å². The van der Waals surface area contributed by atoms with E-state index in [4.69, 9.17) is 9.15 Å². The number of furan rings is 1. The Bertz CT molecular complexity index is 1200. The second-order valence-electron chi connectivity index (χ2n) is 7.68. The van der Waals surface area contributed by atoms with E-state index in [1.807, 2.05) is 37.3 Å². The fourth-order valence-electron chi connectivity index (χ4n) is 4.03. The van der Waals surface area contributed by atoms with Gasteiger partial charge in [0, 0.05) is 18.4 Å². The van der Waals surface area contributed by atoms with Crippen LogP contribution in [0.2, 0.25) is 0 Å². The first-order valence-electron chi connectivity index (χ1n) is 10.1. The molecule has 1 aliphatic rings. The van der Waals surface area contributed by atoms with Crippen LogP contribution in [0.3, 0.4) is 0 Å². The van der Waals surface area contributed by atoms with Gasteiger partial charge in [0.15, 0.2) is 5.76 Å². The molecule has 1 aliphatic carbocycles. The lowest BCUT2D eigenvalue weighted by Crippen LogP contribution is -2.56. The minimum absolute atomic E-state index is 0.121. The Hall–Kier alpha value is -3.85. The summed E-state index contributed by atoms with van der Waals surface area (Å²) >= 11 is 0. The van der Waals surface area contributed by atoms with Gasteiger partial charge in [-0.1, -0.05) is 30.3 Å². The van der Waals surface area contributed by atoms with Crippen molar-refractivity contribution < 1.29 is 18.7 Å². The van der Waals surface area contributed by atoms with Gasteiger partial charge in [0.1, 0.15) is 11.3 Å². The third-order valence-electron chi connectivity index (χ3n) is 5.58. The molecule has 0 radical (unpaired) electrons. The SMILES string of the molecule is CCOC(=O)C1(NC(=O)c2ccc(-c3ccccc3C)o2)Cc2ccc(C#N)cc2C1. The molecule has 0 saturated carbocycles. The quantitative estimate of drug-likeness (QED) is 0.638. The number of carbonyl (C=O) groups is 2. The predicted molar refractivity (Wildman–Crippen MR) is 114 cm³/mol. The van der Waals surface area contributed by atoms with E-state index in [1.165, 1.54) is 0 Å². The van der Waals surface area contributed by atoms with Crippen LogP contribution in [-0.4, -0.2) is 24.0 Å². The van der Waals surface area contributed by atoms with Crippen LogP contribution in [0.15, 0.2) is 59.0 Å². The lowest BCUT2D eigenvalue weighted by molar-refractivity contribution is -0.150. The van der Waals surface area contributed by atoms with Gasteiger partial charge in [0.25, 0.3) is 5.91 Å². The van der Waals surface area contributed by atoms with E-state index < -0.39 is 17.4 Å². The van der Waals surface area contributed by atoms with Crippen LogP contribution in [0.4, 0.5) is 0 Å². The lowest BCUT2D eigenvalue weighted by atomic mass is 9.95. The van der Waals surface area contributed by atoms with Crippen LogP contribution in [0.1, 0.15) is 39.7 Å². The highest BCUT2D eigenvalue weighted by atomic mass is 16.5. The molecule has 0 saturated heterocycles. The van der Waals surface area contributed by atoms with Gasteiger partial charge >= 0.3 is 5.97 Å². The van der Waals surface area contributed by atoms with E-state index in [9.17, 15) is 14.9 Å². The minimum atomic E-state index is -1.24. The summed E-state index contributed by atoms with van der Waals surface area (Å²) in [5, 5.41) is 12.0. The Morgan fingerprint density at radius 2 is 1.90 bits per heavy atom. The van der Waals surface area contributed by atoms with Crippen molar-refractivity contribution in [2.75, 3.05) is 6.61 Å². The number of benzene rings is 2. The van der Waals surface area contributed by atoms with Crippen molar-refractivity contribution in [2.45, 2.75) is 32.2 Å². The largest absolute Gasteiger partial charge is 0.464 e. The highest BCUT2D eigenvalue weighted by Gasteiger charge is 2.47. The zero-order chi connectivity index (χ0) is 22.0. The number of hydrogen-bond donors (Lipinski definition) is 1. The highest BCUT2D eigenvalue weighted by molar-refractivity contribution is 5.97. The molecule has 1 unspecified atom stereocenters. The van der Waals surface area contributed by atoms with Gasteiger partial charge in [-0.3, -0.25) is 4.79 Å². The van der Waals surface area contributed by atoms with E-state index in [1.54, 1.807) is 31.2 Å². The summed E-state index contributed by atoms with van der Waals surface area (Å²) in [5.74, 6) is -0.276. The molecule has 4 rings (SSSR count). The molecule has 31 heavy (non-hydrogen) atoms. The molecule has 1 N–H and O–H groups in total. The third-order valence-corrected chi connectivity index (χ3v) is 5.58. The smallest absolute Gasteiger partial charge is 0.332 e. The van der Waals surface area contributed by atoms with Crippen molar-refractivity contribution >= 4 is 11.9 Å².